The summed E-state index contributed by atoms with van der Waals surface area (Å²) < 4.78 is 0. The average Bonchev–Trinajstić information content (AvgIpc) is 3.06. The Hall–Kier alpha value is -4.99. The number of carbonyl (C=O) groups excluding carboxylic acids is 5. The molecule has 0 aromatic heterocycles. The molecule has 0 aliphatic carbocycles. The number of amides is 5. The van der Waals surface area contributed by atoms with Gasteiger partial charge in [-0.15, -0.1) is 0 Å². The number of aryl methyl sites for hydroxylation is 1. The predicted molar refractivity (Wildman–Crippen MR) is 186 cm³/mol. The zero-order valence-electron chi connectivity index (χ0n) is 28.3. The lowest BCUT2D eigenvalue weighted by Gasteiger charge is -2.28. The van der Waals surface area contributed by atoms with Gasteiger partial charge in [-0.25, -0.2) is 0 Å². The Morgan fingerprint density at radius 1 is 0.562 bits per heavy atom. The number of nitrogens with one attached hydrogen (secondary N) is 4. The molecule has 10 nitrogen and oxygen atoms in total. The molecule has 6 N–H and O–H groups in total. The Morgan fingerprint density at radius 3 is 1.46 bits per heavy atom. The van der Waals surface area contributed by atoms with Gasteiger partial charge in [0.05, 0.1) is 0 Å². The van der Waals surface area contributed by atoms with Crippen LogP contribution in [-0.2, 0) is 43.2 Å². The van der Waals surface area contributed by atoms with Gasteiger partial charge in [0.2, 0.25) is 29.5 Å². The molecule has 0 unspecified atom stereocenters. The minimum absolute atomic E-state index is 0.100. The summed E-state index contributed by atoms with van der Waals surface area (Å²) in [4.78, 5) is 66.3. The van der Waals surface area contributed by atoms with E-state index in [0.29, 0.717) is 12.8 Å². The SMILES string of the molecule is CC(C)C[C@@H](NC(=O)[C@H](NC(=O)[C@@H](Cc1ccccc1)NC(=O)[C@@H](Cc1ccccc1)NC(=O)CCc1ccccc1)C(C)C)C(N)=O. The van der Waals surface area contributed by atoms with Crippen LogP contribution in [0.25, 0.3) is 0 Å². The Morgan fingerprint density at radius 2 is 1.00 bits per heavy atom. The first-order valence-electron chi connectivity index (χ1n) is 16.5. The van der Waals surface area contributed by atoms with E-state index in [1.807, 2.05) is 105 Å². The van der Waals surface area contributed by atoms with Gasteiger partial charge in [0.25, 0.3) is 0 Å². The lowest BCUT2D eigenvalue weighted by atomic mass is 9.98. The largest absolute Gasteiger partial charge is 0.368 e. The van der Waals surface area contributed by atoms with Crippen molar-refractivity contribution in [2.75, 3.05) is 0 Å². The molecule has 3 rings (SSSR count). The summed E-state index contributed by atoms with van der Waals surface area (Å²) in [5.74, 6) is -2.84. The van der Waals surface area contributed by atoms with Crippen molar-refractivity contribution in [2.24, 2.45) is 17.6 Å². The highest BCUT2D eigenvalue weighted by molar-refractivity contribution is 5.95. The number of carbonyl (C=O) groups is 5. The third kappa shape index (κ3) is 12.7. The van der Waals surface area contributed by atoms with Crippen LogP contribution in [0.5, 0.6) is 0 Å². The second-order valence-electron chi connectivity index (χ2n) is 12.9. The highest BCUT2D eigenvalue weighted by atomic mass is 16.2. The summed E-state index contributed by atoms with van der Waals surface area (Å²) in [7, 11) is 0. The molecule has 0 aliphatic heterocycles. The van der Waals surface area contributed by atoms with Crippen LogP contribution in [0, 0.1) is 11.8 Å². The van der Waals surface area contributed by atoms with E-state index in [1.165, 1.54) is 0 Å². The van der Waals surface area contributed by atoms with Crippen molar-refractivity contribution in [3.63, 3.8) is 0 Å². The molecule has 0 bridgehead atoms. The van der Waals surface area contributed by atoms with Gasteiger partial charge in [0.1, 0.15) is 24.2 Å². The molecule has 0 aliphatic rings. The predicted octanol–water partition coefficient (Wildman–Crippen LogP) is 3.23. The van der Waals surface area contributed by atoms with Crippen LogP contribution in [0.15, 0.2) is 91.0 Å². The van der Waals surface area contributed by atoms with E-state index in [4.69, 9.17) is 5.73 Å². The smallest absolute Gasteiger partial charge is 0.243 e. The molecule has 3 aromatic rings. The van der Waals surface area contributed by atoms with Gasteiger partial charge in [0.15, 0.2) is 0 Å². The maximum atomic E-state index is 13.9. The van der Waals surface area contributed by atoms with Gasteiger partial charge in [-0.3, -0.25) is 24.0 Å². The van der Waals surface area contributed by atoms with Crippen molar-refractivity contribution in [1.82, 2.24) is 21.3 Å². The monoisotopic (exact) mass is 655 g/mol. The molecular weight excluding hydrogens is 606 g/mol. The van der Waals surface area contributed by atoms with Crippen LogP contribution in [0.2, 0.25) is 0 Å². The van der Waals surface area contributed by atoms with Crippen molar-refractivity contribution in [1.29, 1.82) is 0 Å². The first-order chi connectivity index (χ1) is 22.9. The number of rotatable bonds is 18. The summed E-state index contributed by atoms with van der Waals surface area (Å²) in [5, 5.41) is 11.2. The van der Waals surface area contributed by atoms with E-state index in [9.17, 15) is 24.0 Å². The van der Waals surface area contributed by atoms with Crippen LogP contribution in [0.4, 0.5) is 0 Å². The zero-order chi connectivity index (χ0) is 35.1. The quantitative estimate of drug-likeness (QED) is 0.142. The number of primary amides is 1. The lowest BCUT2D eigenvalue weighted by Crippen LogP contribution is -2.60. The third-order valence-corrected chi connectivity index (χ3v) is 7.95. The zero-order valence-corrected chi connectivity index (χ0v) is 28.3. The topological polar surface area (TPSA) is 159 Å². The highest BCUT2D eigenvalue weighted by Gasteiger charge is 2.32. The van der Waals surface area contributed by atoms with Crippen LogP contribution in [0.1, 0.15) is 57.2 Å². The van der Waals surface area contributed by atoms with Gasteiger partial charge >= 0.3 is 0 Å². The number of nitrogens with two attached hydrogens (primary N) is 1. The van der Waals surface area contributed by atoms with E-state index >= 15 is 0 Å². The number of hydrogen-bond acceptors (Lipinski definition) is 5. The number of benzene rings is 3. The second-order valence-corrected chi connectivity index (χ2v) is 12.9. The maximum Gasteiger partial charge on any atom is 0.243 e. The minimum atomic E-state index is -1.07. The fourth-order valence-corrected chi connectivity index (χ4v) is 5.33. The molecule has 0 radical (unpaired) electrons. The highest BCUT2D eigenvalue weighted by Crippen LogP contribution is 2.11. The Balaban J connectivity index is 1.82. The van der Waals surface area contributed by atoms with Crippen LogP contribution in [0.3, 0.4) is 0 Å². The van der Waals surface area contributed by atoms with Gasteiger partial charge < -0.3 is 27.0 Å². The summed E-state index contributed by atoms with van der Waals surface area (Å²) in [6.07, 6.45) is 1.40. The summed E-state index contributed by atoms with van der Waals surface area (Å²) in [6, 6.07) is 24.2. The molecule has 0 spiro atoms. The molecule has 256 valence electrons. The van der Waals surface area contributed by atoms with E-state index < -0.39 is 47.8 Å². The van der Waals surface area contributed by atoms with E-state index in [0.717, 1.165) is 16.7 Å². The first kappa shape index (κ1) is 37.5. The average molecular weight is 656 g/mol. The van der Waals surface area contributed by atoms with Crippen molar-refractivity contribution >= 4 is 29.5 Å². The van der Waals surface area contributed by atoms with Gasteiger partial charge in [-0.1, -0.05) is 119 Å². The van der Waals surface area contributed by atoms with Crippen molar-refractivity contribution < 1.29 is 24.0 Å². The van der Waals surface area contributed by atoms with E-state index in [1.54, 1.807) is 13.8 Å². The summed E-state index contributed by atoms with van der Waals surface area (Å²) >= 11 is 0. The van der Waals surface area contributed by atoms with Crippen molar-refractivity contribution in [3.8, 4) is 0 Å². The fourth-order valence-electron chi connectivity index (χ4n) is 5.33. The molecule has 0 saturated heterocycles. The molecule has 4 atom stereocenters. The maximum absolute atomic E-state index is 13.9. The van der Waals surface area contributed by atoms with Gasteiger partial charge in [-0.05, 0) is 41.4 Å². The van der Waals surface area contributed by atoms with Crippen LogP contribution in [-0.4, -0.2) is 53.7 Å². The molecular formula is C38H49N5O5. The second kappa shape index (κ2) is 19.0. The molecule has 0 fully saturated rings. The van der Waals surface area contributed by atoms with E-state index in [-0.39, 0.29) is 37.0 Å². The molecule has 48 heavy (non-hydrogen) atoms. The fraction of sp³-hybridized carbons (Fsp3) is 0.395. The van der Waals surface area contributed by atoms with Gasteiger partial charge in [-0.2, -0.15) is 0 Å². The van der Waals surface area contributed by atoms with Crippen LogP contribution >= 0.6 is 0 Å². The Bertz CT molecular complexity index is 1480. The summed E-state index contributed by atoms with van der Waals surface area (Å²) in [6.45, 7) is 7.38. The Labute approximate surface area is 283 Å². The van der Waals surface area contributed by atoms with Gasteiger partial charge in [0, 0.05) is 19.3 Å². The normalized spacial score (nSPS) is 13.5. The van der Waals surface area contributed by atoms with Crippen molar-refractivity contribution in [2.45, 2.75) is 84.0 Å². The van der Waals surface area contributed by atoms with Crippen LogP contribution < -0.4 is 27.0 Å². The van der Waals surface area contributed by atoms with E-state index in [2.05, 4.69) is 21.3 Å². The third-order valence-electron chi connectivity index (χ3n) is 7.95. The molecule has 10 heteroatoms. The Kier molecular flexibility index (Phi) is 14.8. The lowest BCUT2D eigenvalue weighted by molar-refractivity contribution is -0.135. The molecule has 0 heterocycles. The minimum Gasteiger partial charge on any atom is -0.368 e. The molecule has 3 aromatic carbocycles. The summed E-state index contributed by atoms with van der Waals surface area (Å²) in [5.41, 5.74) is 8.19. The molecule has 5 amide bonds. The first-order valence-corrected chi connectivity index (χ1v) is 16.5. The van der Waals surface area contributed by atoms with Crippen molar-refractivity contribution in [3.05, 3.63) is 108 Å². The standard InChI is InChI=1S/C38H49N5O5/c1-25(2)22-30(35(39)45)41-38(48)34(26(3)4)43-37(47)32(24-29-18-12-7-13-19-29)42-36(46)31(23-28-16-10-6-11-17-28)40-33(44)21-20-27-14-8-5-9-15-27/h5-19,25-26,30-32,34H,20-24H2,1-4H3,(H2,39,45)(H,40,44)(H,41,48)(H,42,46)(H,43,47)/t30-,31-,32-,34-/m1/s1. The number of hydrogen-bond donors (Lipinski definition) is 5. The molecule has 0 saturated carbocycles.